The molecular weight excluding hydrogens is 296 g/mol. The van der Waals surface area contributed by atoms with Crippen molar-refractivity contribution in [3.8, 4) is 11.5 Å². The highest BCUT2D eigenvalue weighted by Crippen LogP contribution is 2.27. The number of aromatic hydroxyl groups is 2. The molecule has 0 aromatic heterocycles. The predicted molar refractivity (Wildman–Crippen MR) is 101 cm³/mol. The van der Waals surface area contributed by atoms with Crippen LogP contribution in [0, 0.1) is 27.7 Å². The monoisotopic (exact) mass is 326 g/mol. The first-order valence-corrected chi connectivity index (χ1v) is 8.96. The zero-order valence-corrected chi connectivity index (χ0v) is 15.4. The van der Waals surface area contributed by atoms with Crippen molar-refractivity contribution in [1.29, 1.82) is 0 Å². The Balaban J connectivity index is 1.77. The highest BCUT2D eigenvalue weighted by molar-refractivity contribution is 5.43. The van der Waals surface area contributed by atoms with Crippen LogP contribution < -0.4 is 0 Å². The summed E-state index contributed by atoms with van der Waals surface area (Å²) in [4.78, 5) is 0. The van der Waals surface area contributed by atoms with E-state index in [-0.39, 0.29) is 0 Å². The third-order valence-electron chi connectivity index (χ3n) is 4.69. The van der Waals surface area contributed by atoms with E-state index in [2.05, 4.69) is 26.0 Å². The average Bonchev–Trinajstić information content (AvgIpc) is 2.51. The molecular formula is C22H30O2. The third kappa shape index (κ3) is 4.77. The van der Waals surface area contributed by atoms with E-state index in [1.807, 2.05) is 26.0 Å². The first-order valence-electron chi connectivity index (χ1n) is 8.96. The molecule has 2 heteroatoms. The number of phenols is 2. The summed E-state index contributed by atoms with van der Waals surface area (Å²) in [6.45, 7) is 8.07. The van der Waals surface area contributed by atoms with E-state index in [0.717, 1.165) is 60.8 Å². The van der Waals surface area contributed by atoms with Crippen LogP contribution in [0.15, 0.2) is 24.3 Å². The summed E-state index contributed by atoms with van der Waals surface area (Å²) in [5.41, 5.74) is 6.50. The molecule has 2 nitrogen and oxygen atoms in total. The molecule has 0 spiro atoms. The summed E-state index contributed by atoms with van der Waals surface area (Å²) in [7, 11) is 0. The first-order chi connectivity index (χ1) is 11.4. The molecule has 130 valence electrons. The molecule has 0 heterocycles. The number of rotatable bonds is 7. The van der Waals surface area contributed by atoms with Gasteiger partial charge in [-0.2, -0.15) is 0 Å². The second-order valence-electron chi connectivity index (χ2n) is 7.09. The number of phenolic OH excluding ortho intramolecular Hbond substituents is 2. The van der Waals surface area contributed by atoms with E-state index >= 15 is 0 Å². The summed E-state index contributed by atoms with van der Waals surface area (Å²) in [6.07, 6.45) is 6.35. The summed E-state index contributed by atoms with van der Waals surface area (Å²) >= 11 is 0. The fourth-order valence-corrected chi connectivity index (χ4v) is 3.46. The van der Waals surface area contributed by atoms with Crippen LogP contribution in [0.4, 0.5) is 0 Å². The van der Waals surface area contributed by atoms with Gasteiger partial charge in [0.15, 0.2) is 0 Å². The number of unbranched alkanes of at least 4 members (excludes halogenated alkanes) is 3. The molecule has 0 aliphatic heterocycles. The topological polar surface area (TPSA) is 40.5 Å². The average molecular weight is 326 g/mol. The molecule has 2 rings (SSSR count). The summed E-state index contributed by atoms with van der Waals surface area (Å²) in [5.74, 6) is 0.918. The molecule has 2 N–H and O–H groups in total. The highest BCUT2D eigenvalue weighted by Gasteiger charge is 2.07. The van der Waals surface area contributed by atoms with Gasteiger partial charge in [0.05, 0.1) is 0 Å². The summed E-state index contributed by atoms with van der Waals surface area (Å²) in [5, 5.41) is 20.3. The van der Waals surface area contributed by atoms with Crippen molar-refractivity contribution in [2.45, 2.75) is 66.2 Å². The van der Waals surface area contributed by atoms with E-state index in [4.69, 9.17) is 0 Å². The summed E-state index contributed by atoms with van der Waals surface area (Å²) in [6, 6.07) is 8.23. The van der Waals surface area contributed by atoms with Gasteiger partial charge in [0.1, 0.15) is 11.5 Å². The lowest BCUT2D eigenvalue weighted by Crippen LogP contribution is -1.93. The first kappa shape index (κ1) is 18.4. The molecule has 0 bridgehead atoms. The van der Waals surface area contributed by atoms with Gasteiger partial charge >= 0.3 is 0 Å². The van der Waals surface area contributed by atoms with E-state index < -0.39 is 0 Å². The van der Waals surface area contributed by atoms with Crippen LogP contribution >= 0.6 is 0 Å². The van der Waals surface area contributed by atoms with Crippen LogP contribution in [0.2, 0.25) is 0 Å². The molecule has 24 heavy (non-hydrogen) atoms. The number of hydrogen-bond acceptors (Lipinski definition) is 2. The van der Waals surface area contributed by atoms with Crippen molar-refractivity contribution in [3.63, 3.8) is 0 Å². The van der Waals surface area contributed by atoms with E-state index in [1.165, 1.54) is 11.1 Å². The number of hydrogen-bond donors (Lipinski definition) is 2. The van der Waals surface area contributed by atoms with Gasteiger partial charge in [0.2, 0.25) is 0 Å². The molecule has 2 aromatic carbocycles. The molecule has 0 saturated carbocycles. The standard InChI is InChI=1S/C22H30O2/c1-15-11-17(3)21(23)19(13-15)9-7-5-6-8-10-20-14-16(2)12-18(4)22(20)24/h11-14,23-24H,5-10H2,1-4H3. The minimum atomic E-state index is 0.459. The largest absolute Gasteiger partial charge is 0.507 e. The lowest BCUT2D eigenvalue weighted by molar-refractivity contribution is 0.459. The minimum Gasteiger partial charge on any atom is -0.507 e. The zero-order chi connectivity index (χ0) is 17.7. The van der Waals surface area contributed by atoms with E-state index in [0.29, 0.717) is 11.5 Å². The van der Waals surface area contributed by atoms with Crippen molar-refractivity contribution in [2.75, 3.05) is 0 Å². The molecule has 0 aliphatic rings. The zero-order valence-electron chi connectivity index (χ0n) is 15.4. The molecule has 0 unspecified atom stereocenters. The third-order valence-corrected chi connectivity index (χ3v) is 4.69. The van der Waals surface area contributed by atoms with Crippen LogP contribution in [-0.2, 0) is 12.8 Å². The Morgan fingerprint density at radius 1 is 0.583 bits per heavy atom. The molecule has 0 amide bonds. The van der Waals surface area contributed by atoms with Crippen LogP contribution in [0.3, 0.4) is 0 Å². The molecule has 0 atom stereocenters. The SMILES string of the molecule is Cc1cc(C)c(O)c(CCCCCCc2cc(C)cc(C)c2O)c1. The fourth-order valence-electron chi connectivity index (χ4n) is 3.46. The molecule has 0 saturated heterocycles. The van der Waals surface area contributed by atoms with Crippen LogP contribution in [-0.4, -0.2) is 10.2 Å². The van der Waals surface area contributed by atoms with Gasteiger partial charge in [0.25, 0.3) is 0 Å². The number of benzene rings is 2. The lowest BCUT2D eigenvalue weighted by Gasteiger charge is -2.10. The maximum atomic E-state index is 10.1. The Hall–Kier alpha value is -1.96. The van der Waals surface area contributed by atoms with E-state index in [1.54, 1.807) is 0 Å². The van der Waals surface area contributed by atoms with Gasteiger partial charge in [-0.3, -0.25) is 0 Å². The Bertz CT molecular complexity index is 640. The molecule has 0 aliphatic carbocycles. The Labute approximate surface area is 146 Å². The normalized spacial score (nSPS) is 11.0. The van der Waals surface area contributed by atoms with Gasteiger partial charge in [-0.15, -0.1) is 0 Å². The maximum absolute atomic E-state index is 10.1. The summed E-state index contributed by atoms with van der Waals surface area (Å²) < 4.78 is 0. The second kappa shape index (κ2) is 8.23. The van der Waals surface area contributed by atoms with Crippen molar-refractivity contribution >= 4 is 0 Å². The maximum Gasteiger partial charge on any atom is 0.121 e. The minimum absolute atomic E-state index is 0.459. The van der Waals surface area contributed by atoms with Crippen molar-refractivity contribution in [1.82, 2.24) is 0 Å². The number of aryl methyl sites for hydroxylation is 6. The van der Waals surface area contributed by atoms with Gasteiger partial charge in [-0.05, 0) is 75.6 Å². The van der Waals surface area contributed by atoms with Crippen LogP contribution in [0.5, 0.6) is 11.5 Å². The Kier molecular flexibility index (Phi) is 6.30. The van der Waals surface area contributed by atoms with Crippen LogP contribution in [0.25, 0.3) is 0 Å². The Morgan fingerprint density at radius 2 is 0.958 bits per heavy atom. The highest BCUT2D eigenvalue weighted by atomic mass is 16.3. The molecule has 0 radical (unpaired) electrons. The lowest BCUT2D eigenvalue weighted by atomic mass is 9.98. The van der Waals surface area contributed by atoms with Gasteiger partial charge < -0.3 is 10.2 Å². The van der Waals surface area contributed by atoms with Gasteiger partial charge in [0, 0.05) is 0 Å². The quantitative estimate of drug-likeness (QED) is 0.643. The van der Waals surface area contributed by atoms with Crippen LogP contribution in [0.1, 0.15) is 59.1 Å². The smallest absolute Gasteiger partial charge is 0.121 e. The second-order valence-corrected chi connectivity index (χ2v) is 7.09. The van der Waals surface area contributed by atoms with Gasteiger partial charge in [-0.1, -0.05) is 48.2 Å². The van der Waals surface area contributed by atoms with E-state index in [9.17, 15) is 10.2 Å². The molecule has 0 fully saturated rings. The van der Waals surface area contributed by atoms with Crippen molar-refractivity contribution in [2.24, 2.45) is 0 Å². The Morgan fingerprint density at radius 3 is 1.33 bits per heavy atom. The fraction of sp³-hybridized carbons (Fsp3) is 0.455. The predicted octanol–water partition coefficient (Wildman–Crippen LogP) is 5.68. The molecule has 2 aromatic rings. The van der Waals surface area contributed by atoms with Crippen molar-refractivity contribution < 1.29 is 10.2 Å². The van der Waals surface area contributed by atoms with Gasteiger partial charge in [-0.25, -0.2) is 0 Å². The van der Waals surface area contributed by atoms with Crippen molar-refractivity contribution in [3.05, 3.63) is 57.6 Å².